The Morgan fingerprint density at radius 2 is 1.11 bits per heavy atom. The third-order valence-electron chi connectivity index (χ3n) is 4.25. The number of hydrogen-bond donors (Lipinski definition) is 2. The molecular weight excluding hydrogens is 544 g/mol. The Morgan fingerprint density at radius 1 is 0.750 bits per heavy atom. The quantitative estimate of drug-likeness (QED) is 0.400. The molecule has 36 heavy (non-hydrogen) atoms. The average Bonchev–Trinajstić information content (AvgIpc) is 2.77. The highest BCUT2D eigenvalue weighted by Crippen LogP contribution is 2.34. The lowest BCUT2D eigenvalue weighted by atomic mass is 10.2. The number of rotatable bonds is 10. The van der Waals surface area contributed by atoms with Crippen molar-refractivity contribution < 1.29 is 55.6 Å². The van der Waals surface area contributed by atoms with E-state index in [1.54, 1.807) is 13.8 Å². The molecule has 0 saturated heterocycles. The minimum Gasteiger partial charge on any atom is -0.496 e. The molecule has 200 valence electrons. The van der Waals surface area contributed by atoms with Crippen molar-refractivity contribution in [2.45, 2.75) is 23.6 Å². The second-order valence-electron chi connectivity index (χ2n) is 6.68. The van der Waals surface area contributed by atoms with Crippen molar-refractivity contribution in [1.82, 2.24) is 0 Å². The number of carboxylic acid groups (broad SMARTS) is 2. The lowest BCUT2D eigenvalue weighted by Gasteiger charge is -2.12. The van der Waals surface area contributed by atoms with Gasteiger partial charge in [-0.1, -0.05) is 0 Å². The van der Waals surface area contributed by atoms with Crippen LogP contribution >= 0.6 is 10.7 Å². The van der Waals surface area contributed by atoms with Crippen LogP contribution in [0.3, 0.4) is 0 Å². The fourth-order valence-corrected chi connectivity index (χ4v) is 4.57. The minimum atomic E-state index is -4.11. The van der Waals surface area contributed by atoms with Crippen LogP contribution in [0.15, 0.2) is 34.1 Å². The van der Waals surface area contributed by atoms with Crippen LogP contribution in [0.5, 0.6) is 23.0 Å². The molecule has 12 nitrogen and oxygen atoms in total. The summed E-state index contributed by atoms with van der Waals surface area (Å²) in [4.78, 5) is 21.4. The number of aromatic carboxylic acids is 2. The van der Waals surface area contributed by atoms with E-state index in [0.29, 0.717) is 0 Å². The summed E-state index contributed by atoms with van der Waals surface area (Å²) < 4.78 is 65.9. The molecule has 0 aromatic heterocycles. The fourth-order valence-electron chi connectivity index (χ4n) is 2.77. The van der Waals surface area contributed by atoms with Crippen molar-refractivity contribution in [2.24, 2.45) is 0 Å². The van der Waals surface area contributed by atoms with Crippen LogP contribution in [-0.2, 0) is 18.9 Å². The maximum Gasteiger partial charge on any atom is 0.339 e. The van der Waals surface area contributed by atoms with Gasteiger partial charge >= 0.3 is 11.9 Å². The molecule has 0 atom stereocenters. The third-order valence-corrected chi connectivity index (χ3v) is 6.72. The standard InChI is InChI=1S/C11H14O6S.C10H11ClO6S/c1-4-17-9-6-8(16-2)7(11(12)13)5-10(9)18(3,14)15;1-3-17-8-5-7(16-2)6(10(12)13)4-9(8)18(11,14)15/h5-6H,4H2,1-3H3,(H,12,13);4-5H,3H2,1-2H3,(H,12,13). The molecule has 0 aliphatic carbocycles. The molecule has 2 rings (SSSR count). The fraction of sp³-hybridized carbons (Fsp3) is 0.333. The van der Waals surface area contributed by atoms with Gasteiger partial charge in [0.1, 0.15) is 43.9 Å². The number of halogens is 1. The van der Waals surface area contributed by atoms with E-state index >= 15 is 0 Å². The van der Waals surface area contributed by atoms with E-state index in [9.17, 15) is 26.4 Å². The van der Waals surface area contributed by atoms with Gasteiger partial charge in [0.05, 0.1) is 27.4 Å². The van der Waals surface area contributed by atoms with Gasteiger partial charge in [-0.2, -0.15) is 0 Å². The summed E-state index contributed by atoms with van der Waals surface area (Å²) in [5.74, 6) is -2.50. The van der Waals surface area contributed by atoms with Crippen LogP contribution in [0.1, 0.15) is 34.6 Å². The van der Waals surface area contributed by atoms with Crippen LogP contribution in [0.2, 0.25) is 0 Å². The van der Waals surface area contributed by atoms with Gasteiger partial charge in [0.25, 0.3) is 9.05 Å². The number of benzene rings is 2. The molecule has 0 fully saturated rings. The molecule has 0 bridgehead atoms. The van der Waals surface area contributed by atoms with Crippen LogP contribution < -0.4 is 18.9 Å². The molecule has 15 heteroatoms. The molecule has 0 aliphatic rings. The molecule has 2 N–H and O–H groups in total. The van der Waals surface area contributed by atoms with Crippen molar-refractivity contribution in [3.05, 3.63) is 35.4 Å². The Bertz CT molecular complexity index is 1230. The maximum absolute atomic E-state index is 11.6. The normalized spacial score (nSPS) is 11.1. The SMILES string of the molecule is CCOc1cc(OC)c(C(=O)O)cc1S(=O)(=O)Cl.CCOc1cc(OC)c(C(=O)O)cc1S(C)(=O)=O. The van der Waals surface area contributed by atoms with Gasteiger partial charge in [-0.25, -0.2) is 26.4 Å². The Balaban J connectivity index is 0.000000360. The molecule has 0 amide bonds. The molecule has 0 unspecified atom stereocenters. The van der Waals surface area contributed by atoms with E-state index in [-0.39, 0.29) is 52.2 Å². The highest BCUT2D eigenvalue weighted by molar-refractivity contribution is 8.13. The highest BCUT2D eigenvalue weighted by Gasteiger charge is 2.24. The monoisotopic (exact) mass is 568 g/mol. The summed E-state index contributed by atoms with van der Waals surface area (Å²) >= 11 is 0. The summed E-state index contributed by atoms with van der Waals surface area (Å²) in [5, 5.41) is 17.9. The Morgan fingerprint density at radius 3 is 1.39 bits per heavy atom. The second kappa shape index (κ2) is 12.6. The Hall–Kier alpha value is -3.23. The van der Waals surface area contributed by atoms with Crippen LogP contribution in [0.4, 0.5) is 0 Å². The average molecular weight is 569 g/mol. The van der Waals surface area contributed by atoms with E-state index in [0.717, 1.165) is 18.4 Å². The van der Waals surface area contributed by atoms with Gasteiger partial charge in [0, 0.05) is 29.1 Å². The summed E-state index contributed by atoms with van der Waals surface area (Å²) in [6.07, 6.45) is 0.989. The van der Waals surface area contributed by atoms with E-state index in [1.165, 1.54) is 26.4 Å². The molecular formula is C21H25ClO12S2. The van der Waals surface area contributed by atoms with Crippen molar-refractivity contribution in [1.29, 1.82) is 0 Å². The molecule has 0 saturated carbocycles. The first kappa shape index (κ1) is 30.8. The first-order valence-electron chi connectivity index (χ1n) is 9.93. The predicted octanol–water partition coefficient (Wildman–Crippen LogP) is 2.92. The van der Waals surface area contributed by atoms with Crippen LogP contribution in [0, 0.1) is 0 Å². The lowest BCUT2D eigenvalue weighted by molar-refractivity contribution is 0.0681. The predicted molar refractivity (Wildman–Crippen MR) is 128 cm³/mol. The molecule has 2 aromatic carbocycles. The molecule has 0 spiro atoms. The first-order chi connectivity index (χ1) is 16.6. The highest BCUT2D eigenvalue weighted by atomic mass is 35.7. The van der Waals surface area contributed by atoms with Crippen molar-refractivity contribution in [3.63, 3.8) is 0 Å². The number of sulfone groups is 1. The summed E-state index contributed by atoms with van der Waals surface area (Å²) in [5.41, 5.74) is -0.526. The largest absolute Gasteiger partial charge is 0.496 e. The zero-order valence-corrected chi connectivity index (χ0v) is 22.3. The topological polar surface area (TPSA) is 180 Å². The van der Waals surface area contributed by atoms with E-state index in [2.05, 4.69) is 0 Å². The minimum absolute atomic E-state index is 0.00461. The van der Waals surface area contributed by atoms with Crippen LogP contribution in [-0.4, -0.2) is 72.7 Å². The second-order valence-corrected chi connectivity index (χ2v) is 11.2. The van der Waals surface area contributed by atoms with Crippen molar-refractivity contribution in [3.8, 4) is 23.0 Å². The third kappa shape index (κ3) is 7.90. The zero-order valence-electron chi connectivity index (χ0n) is 19.9. The van der Waals surface area contributed by atoms with E-state index in [1.807, 2.05) is 0 Å². The number of ether oxygens (including phenoxy) is 4. The van der Waals surface area contributed by atoms with Gasteiger partial charge in [0.15, 0.2) is 9.84 Å². The maximum atomic E-state index is 11.6. The molecule has 0 heterocycles. The lowest BCUT2D eigenvalue weighted by Crippen LogP contribution is -2.08. The Labute approximate surface area is 212 Å². The number of carboxylic acids is 2. The van der Waals surface area contributed by atoms with Gasteiger partial charge in [0.2, 0.25) is 0 Å². The van der Waals surface area contributed by atoms with Gasteiger partial charge < -0.3 is 29.2 Å². The molecule has 2 aromatic rings. The zero-order chi connectivity index (χ0) is 27.8. The number of methoxy groups -OCH3 is 2. The van der Waals surface area contributed by atoms with Crippen molar-refractivity contribution >= 4 is 41.5 Å². The molecule has 0 radical (unpaired) electrons. The summed E-state index contributed by atoms with van der Waals surface area (Å²) in [6, 6.07) is 4.40. The van der Waals surface area contributed by atoms with E-state index < -0.39 is 35.7 Å². The Kier molecular flexibility index (Phi) is 10.8. The summed E-state index contributed by atoms with van der Waals surface area (Å²) in [6.45, 7) is 3.82. The number of hydrogen-bond acceptors (Lipinski definition) is 10. The van der Waals surface area contributed by atoms with Crippen molar-refractivity contribution in [2.75, 3.05) is 33.7 Å². The summed E-state index contributed by atoms with van der Waals surface area (Å²) in [7, 11) is 0.115. The van der Waals surface area contributed by atoms with Crippen LogP contribution in [0.25, 0.3) is 0 Å². The first-order valence-corrected chi connectivity index (χ1v) is 14.1. The molecule has 0 aliphatic heterocycles. The van der Waals surface area contributed by atoms with Gasteiger partial charge in [-0.3, -0.25) is 0 Å². The number of carbonyl (C=O) groups is 2. The smallest absolute Gasteiger partial charge is 0.339 e. The van der Waals surface area contributed by atoms with E-state index in [4.69, 9.17) is 39.8 Å². The van der Waals surface area contributed by atoms with Gasteiger partial charge in [-0.05, 0) is 26.0 Å². The van der Waals surface area contributed by atoms with Gasteiger partial charge in [-0.15, -0.1) is 0 Å².